The molecule has 0 unspecified atom stereocenters. The van der Waals surface area contributed by atoms with Crippen molar-refractivity contribution >= 4 is 35.8 Å². The Balaban J connectivity index is 1.76. The summed E-state index contributed by atoms with van der Waals surface area (Å²) in [5.41, 5.74) is 7.96. The summed E-state index contributed by atoms with van der Waals surface area (Å²) in [6.07, 6.45) is 2.60. The van der Waals surface area contributed by atoms with Crippen LogP contribution in [0.2, 0.25) is 0 Å². The second kappa shape index (κ2) is 22.8. The Morgan fingerprint density at radius 3 is 1.91 bits per heavy atom. The zero-order chi connectivity index (χ0) is 39.5. The average molecular weight is 751 g/mol. The minimum absolute atomic E-state index is 0.00657. The van der Waals surface area contributed by atoms with Crippen LogP contribution >= 0.6 is 0 Å². The van der Waals surface area contributed by atoms with Crippen molar-refractivity contribution in [3.63, 3.8) is 0 Å². The average Bonchev–Trinajstić information content (AvgIpc) is 3.17. The van der Waals surface area contributed by atoms with E-state index in [0.717, 1.165) is 11.1 Å². The number of unbranched alkanes of at least 4 members (excludes halogenated alkanes) is 1. The number of nitrogens with one attached hydrogen (secondary N) is 6. The molecule has 1 fully saturated rings. The molecule has 54 heavy (non-hydrogen) atoms. The van der Waals surface area contributed by atoms with Crippen molar-refractivity contribution in [1.82, 2.24) is 36.8 Å². The number of urea groups is 1. The van der Waals surface area contributed by atoms with Crippen LogP contribution in [0.1, 0.15) is 63.5 Å². The molecule has 0 aliphatic carbocycles. The van der Waals surface area contributed by atoms with Crippen LogP contribution in [-0.2, 0) is 36.8 Å². The van der Waals surface area contributed by atoms with E-state index in [1.807, 2.05) is 74.5 Å². The van der Waals surface area contributed by atoms with E-state index in [0.29, 0.717) is 45.3 Å². The summed E-state index contributed by atoms with van der Waals surface area (Å²) in [6, 6.07) is 14.4. The monoisotopic (exact) mass is 750 g/mol. The molecule has 296 valence electrons. The van der Waals surface area contributed by atoms with Crippen LogP contribution in [0, 0.1) is 5.92 Å². The zero-order valence-electron chi connectivity index (χ0n) is 31.9. The van der Waals surface area contributed by atoms with E-state index in [4.69, 9.17) is 5.73 Å². The highest BCUT2D eigenvalue weighted by atomic mass is 16.5. The molecule has 7 amide bonds. The number of piperidine rings is 1. The topological polar surface area (TPSA) is 213 Å². The van der Waals surface area contributed by atoms with Gasteiger partial charge in [-0.25, -0.2) is 9.59 Å². The van der Waals surface area contributed by atoms with Gasteiger partial charge >= 0.3 is 12.1 Å². The van der Waals surface area contributed by atoms with Gasteiger partial charge in [-0.05, 0) is 62.0 Å². The Bertz CT molecular complexity index is 1500. The predicted molar refractivity (Wildman–Crippen MR) is 205 cm³/mol. The van der Waals surface area contributed by atoms with Gasteiger partial charge in [-0.15, -0.1) is 0 Å². The van der Waals surface area contributed by atoms with Gasteiger partial charge in [0.1, 0.15) is 18.1 Å². The van der Waals surface area contributed by atoms with Crippen molar-refractivity contribution in [2.75, 3.05) is 33.8 Å². The molecule has 1 heterocycles. The summed E-state index contributed by atoms with van der Waals surface area (Å²) in [4.78, 5) is 80.2. The van der Waals surface area contributed by atoms with Gasteiger partial charge in [-0.3, -0.25) is 19.2 Å². The summed E-state index contributed by atoms with van der Waals surface area (Å²) >= 11 is 0. The molecule has 1 saturated heterocycles. The number of carbonyl (C=O) groups excluding carboxylic acids is 6. The van der Waals surface area contributed by atoms with Crippen molar-refractivity contribution in [3.8, 4) is 0 Å². The van der Waals surface area contributed by atoms with Crippen LogP contribution in [0.15, 0.2) is 60.7 Å². The van der Waals surface area contributed by atoms with Gasteiger partial charge in [0.15, 0.2) is 0 Å². The molecule has 8 N–H and O–H groups in total. The molecular weight excluding hydrogens is 692 g/mol. The van der Waals surface area contributed by atoms with E-state index in [2.05, 4.69) is 36.6 Å². The summed E-state index contributed by atoms with van der Waals surface area (Å²) in [5, 5.41) is 16.6. The van der Waals surface area contributed by atoms with Crippen molar-refractivity contribution in [2.45, 2.75) is 95.4 Å². The van der Waals surface area contributed by atoms with Crippen molar-refractivity contribution in [1.29, 1.82) is 0 Å². The number of ether oxygens (including phenoxy) is 1. The number of carbonyl (C=O) groups is 6. The number of hydrogen-bond acceptors (Lipinski definition) is 8. The lowest BCUT2D eigenvalue weighted by atomic mass is 9.99. The van der Waals surface area contributed by atoms with Crippen LogP contribution in [0.3, 0.4) is 0 Å². The number of methoxy groups -OCH3 is 1. The Hall–Kier alpha value is -5.18. The third-order valence-electron chi connectivity index (χ3n) is 9.25. The lowest BCUT2D eigenvalue weighted by Crippen LogP contribution is -2.59. The van der Waals surface area contributed by atoms with Gasteiger partial charge in [0.25, 0.3) is 0 Å². The second-order valence-electron chi connectivity index (χ2n) is 14.0. The highest BCUT2D eigenvalue weighted by molar-refractivity contribution is 5.95. The van der Waals surface area contributed by atoms with E-state index in [-0.39, 0.29) is 49.6 Å². The summed E-state index contributed by atoms with van der Waals surface area (Å²) < 4.78 is 4.62. The lowest BCUT2D eigenvalue weighted by molar-refractivity contribution is -0.138. The first-order chi connectivity index (χ1) is 25.9. The Labute approximate surface area is 318 Å². The number of amides is 7. The van der Waals surface area contributed by atoms with E-state index in [9.17, 15) is 28.8 Å². The van der Waals surface area contributed by atoms with E-state index in [1.54, 1.807) is 11.9 Å². The number of nitrogens with zero attached hydrogens (tertiary/aromatic N) is 1. The van der Waals surface area contributed by atoms with Crippen LogP contribution in [0.25, 0.3) is 0 Å². The fraction of sp³-hybridized carbons (Fsp3) is 0.538. The first-order valence-electron chi connectivity index (χ1n) is 18.7. The molecule has 0 aromatic heterocycles. The van der Waals surface area contributed by atoms with Gasteiger partial charge in [0.2, 0.25) is 23.6 Å². The summed E-state index contributed by atoms with van der Waals surface area (Å²) in [5.74, 6) is -1.85. The smallest absolute Gasteiger partial charge is 0.406 e. The molecule has 0 bridgehead atoms. The highest BCUT2D eigenvalue weighted by Crippen LogP contribution is 2.15. The standard InChI is InChI=1S/C39H58N8O7/c1-26(2)23-32(46-36(50)33(25-28-15-9-6-10-16-28)45-34(48)30(40)24-27-13-7-5-8-14-27)35(49)44-31(17-11-12-20-42-39(53)54-4)37(51)47-21-18-29(19-22-47)43-38(52)41-3/h5-10,13-16,26,29-33H,11-12,17-25,40H2,1-4H3,(H,42,53)(H,44,49)(H,45,48)(H,46,50)(H2,41,43,52)/t30-,31-,32-,33-/m1/s1. The number of rotatable bonds is 19. The molecule has 0 spiro atoms. The molecule has 15 heteroatoms. The first-order valence-corrected chi connectivity index (χ1v) is 18.7. The van der Waals surface area contributed by atoms with E-state index >= 15 is 0 Å². The number of nitrogens with two attached hydrogens (primary N) is 1. The number of alkyl carbamates (subject to hydrolysis) is 1. The van der Waals surface area contributed by atoms with Crippen molar-refractivity contribution in [3.05, 3.63) is 71.8 Å². The zero-order valence-corrected chi connectivity index (χ0v) is 31.9. The Morgan fingerprint density at radius 1 is 0.778 bits per heavy atom. The predicted octanol–water partition coefficient (Wildman–Crippen LogP) is 1.75. The van der Waals surface area contributed by atoms with Crippen LogP contribution in [0.4, 0.5) is 9.59 Å². The second-order valence-corrected chi connectivity index (χ2v) is 14.0. The maximum atomic E-state index is 14.0. The highest BCUT2D eigenvalue weighted by Gasteiger charge is 2.33. The van der Waals surface area contributed by atoms with Gasteiger partial charge in [-0.1, -0.05) is 74.5 Å². The quantitative estimate of drug-likeness (QED) is 0.105. The van der Waals surface area contributed by atoms with Gasteiger partial charge in [-0.2, -0.15) is 0 Å². The molecule has 3 rings (SSSR count). The third kappa shape index (κ3) is 15.0. The maximum Gasteiger partial charge on any atom is 0.406 e. The normalized spacial score (nSPS) is 15.2. The largest absolute Gasteiger partial charge is 0.453 e. The van der Waals surface area contributed by atoms with Crippen LogP contribution in [-0.4, -0.2) is 105 Å². The molecule has 2 aromatic carbocycles. The number of likely N-dealkylation sites (tertiary alicyclic amines) is 1. The Kier molecular flexibility index (Phi) is 18.2. The van der Waals surface area contributed by atoms with Crippen molar-refractivity contribution < 1.29 is 33.5 Å². The fourth-order valence-corrected chi connectivity index (χ4v) is 6.26. The molecule has 1 aliphatic rings. The fourth-order valence-electron chi connectivity index (χ4n) is 6.26. The van der Waals surface area contributed by atoms with E-state index in [1.165, 1.54) is 7.11 Å². The molecule has 0 radical (unpaired) electrons. The van der Waals surface area contributed by atoms with E-state index < -0.39 is 48.0 Å². The molecule has 15 nitrogen and oxygen atoms in total. The van der Waals surface area contributed by atoms with Crippen LogP contribution in [0.5, 0.6) is 0 Å². The summed E-state index contributed by atoms with van der Waals surface area (Å²) in [7, 11) is 2.82. The molecule has 4 atom stereocenters. The molecule has 2 aromatic rings. The minimum atomic E-state index is -1.03. The van der Waals surface area contributed by atoms with Crippen LogP contribution < -0.4 is 37.6 Å². The molecule has 0 saturated carbocycles. The maximum absolute atomic E-state index is 14.0. The molecule has 1 aliphatic heterocycles. The first kappa shape index (κ1) is 43.2. The van der Waals surface area contributed by atoms with Gasteiger partial charge in [0.05, 0.1) is 13.2 Å². The SMILES string of the molecule is CNC(=O)NC1CCN(C(=O)[C@@H](CCCCNC(=O)OC)NC(=O)[C@@H](CC(C)C)NC(=O)[C@@H](Cc2ccccc2)NC(=O)[C@H](N)Cc2ccccc2)CC1. The minimum Gasteiger partial charge on any atom is -0.453 e. The van der Waals surface area contributed by atoms with Gasteiger partial charge < -0.3 is 47.3 Å². The lowest BCUT2D eigenvalue weighted by Gasteiger charge is -2.35. The summed E-state index contributed by atoms with van der Waals surface area (Å²) in [6.45, 7) is 4.96. The van der Waals surface area contributed by atoms with Crippen molar-refractivity contribution in [2.24, 2.45) is 11.7 Å². The number of benzene rings is 2. The molecular formula is C39H58N8O7. The number of hydrogen-bond donors (Lipinski definition) is 7. The van der Waals surface area contributed by atoms with Gasteiger partial charge in [0, 0.05) is 39.1 Å². The Morgan fingerprint density at radius 2 is 1.33 bits per heavy atom. The third-order valence-corrected chi connectivity index (χ3v) is 9.25.